The number of fused-ring (bicyclic) bond motifs is 1. The lowest BCUT2D eigenvalue weighted by molar-refractivity contribution is 0.713. The van der Waals surface area contributed by atoms with E-state index in [4.69, 9.17) is 18.1 Å². The molecule has 1 aliphatic rings. The van der Waals surface area contributed by atoms with Gasteiger partial charge in [-0.15, -0.1) is 0 Å². The van der Waals surface area contributed by atoms with Crippen molar-refractivity contribution < 1.29 is 12.3 Å². The second kappa shape index (κ2) is 2.10. The van der Waals surface area contributed by atoms with Gasteiger partial charge in [0.2, 0.25) is 0 Å². The van der Waals surface area contributed by atoms with Gasteiger partial charge in [-0.25, -0.2) is 0 Å². The first-order valence-corrected chi connectivity index (χ1v) is 2.79. The number of hydrogen-bond acceptors (Lipinski definition) is 1. The van der Waals surface area contributed by atoms with Crippen LogP contribution >= 0.6 is 0 Å². The largest absolute Gasteiger partial charge is 0.324 e. The lowest BCUT2D eigenvalue weighted by Crippen LogP contribution is -2.04. The smallest absolute Gasteiger partial charge is 0.0626 e. The summed E-state index contributed by atoms with van der Waals surface area (Å²) in [7, 11) is 0. The molecule has 1 aromatic carbocycles. The van der Waals surface area contributed by atoms with Crippen molar-refractivity contribution in [3.05, 3.63) is 35.3 Å². The van der Waals surface area contributed by atoms with E-state index in [0.717, 1.165) is 0 Å². The van der Waals surface area contributed by atoms with Crippen LogP contribution in [0.4, 0.5) is 0 Å². The third kappa shape index (κ3) is 0.745. The first-order chi connectivity index (χ1) is 8.39. The van der Waals surface area contributed by atoms with E-state index in [1.165, 1.54) is 0 Å². The fourth-order valence-electron chi connectivity index (χ4n) is 0.801. The van der Waals surface area contributed by atoms with Crippen molar-refractivity contribution in [2.24, 2.45) is 5.73 Å². The summed E-state index contributed by atoms with van der Waals surface area (Å²) in [5.74, 6) is 0. The average Bonchev–Trinajstić information content (AvgIpc) is 2.39. The van der Waals surface area contributed by atoms with Crippen molar-refractivity contribution in [1.82, 2.24) is 0 Å². The van der Waals surface area contributed by atoms with E-state index in [9.17, 15) is 0 Å². The molecule has 0 spiro atoms. The Balaban J connectivity index is 3.02. The van der Waals surface area contributed by atoms with E-state index >= 15 is 0 Å². The molecule has 1 unspecified atom stereocenters. The molecule has 10 heavy (non-hydrogen) atoms. The Kier molecular flexibility index (Phi) is 0.350. The first-order valence-electron chi connectivity index (χ1n) is 7.29. The summed E-state index contributed by atoms with van der Waals surface area (Å²) < 4.78 is 69.2. The molecule has 0 fully saturated rings. The number of rotatable bonds is 0. The molecule has 2 N–H and O–H groups in total. The van der Waals surface area contributed by atoms with Gasteiger partial charge in [0, 0.05) is 11.5 Å². The number of nitrogens with two attached hydrogens (primary N) is 1. The average molecular weight is 142 g/mol. The van der Waals surface area contributed by atoms with Gasteiger partial charge in [0.1, 0.15) is 0 Å². The third-order valence-corrected chi connectivity index (χ3v) is 1.28. The van der Waals surface area contributed by atoms with Gasteiger partial charge in [0.05, 0.1) is 6.85 Å². The van der Waals surface area contributed by atoms with Gasteiger partial charge in [-0.05, 0) is 23.9 Å². The molecule has 1 aliphatic carbocycles. The maximum absolute atomic E-state index is 7.85. The van der Waals surface area contributed by atoms with Crippen LogP contribution in [0, 0.1) is 0 Å². The Bertz CT molecular complexity index is 529. The highest BCUT2D eigenvalue weighted by Gasteiger charge is 2.16. The molecule has 1 aromatic rings. The quantitative estimate of drug-likeness (QED) is 0.585. The number of benzene rings is 1. The van der Waals surface area contributed by atoms with Crippen molar-refractivity contribution >= 4 is 0 Å². The molecule has 0 radical (unpaired) electrons. The lowest BCUT2D eigenvalue weighted by Gasteiger charge is -2.01. The molecule has 1 nitrogen and oxygen atoms in total. The second-order valence-electron chi connectivity index (χ2n) is 1.91. The SMILES string of the molecule is [2H]c1c([2H])c([2H])c2c(c1[2H])C([2H])([2H])C([2H])([2H])C2([2H])N. The van der Waals surface area contributed by atoms with Crippen LogP contribution in [0.1, 0.15) is 35.9 Å². The Morgan fingerprint density at radius 3 is 3.40 bits per heavy atom. The molecule has 0 saturated carbocycles. The monoisotopic (exact) mass is 142 g/mol. The van der Waals surface area contributed by atoms with Crippen molar-refractivity contribution in [2.45, 2.75) is 18.8 Å². The molecule has 1 atom stereocenters. The minimum atomic E-state index is -2.87. The maximum Gasteiger partial charge on any atom is 0.0626 e. The van der Waals surface area contributed by atoms with Gasteiger partial charge in [0.25, 0.3) is 0 Å². The van der Waals surface area contributed by atoms with Crippen LogP contribution in [-0.4, -0.2) is 0 Å². The molecule has 0 heterocycles. The van der Waals surface area contributed by atoms with Gasteiger partial charge < -0.3 is 5.73 Å². The Hall–Kier alpha value is -0.820. The van der Waals surface area contributed by atoms with Crippen LogP contribution in [0.25, 0.3) is 0 Å². The minimum Gasteiger partial charge on any atom is -0.324 e. The summed E-state index contributed by atoms with van der Waals surface area (Å²) in [6.07, 6.45) is -5.64. The lowest BCUT2D eigenvalue weighted by atomic mass is 10.1. The molecule has 1 heteroatoms. The van der Waals surface area contributed by atoms with E-state index in [1.54, 1.807) is 0 Å². The van der Waals surface area contributed by atoms with Gasteiger partial charge in [0.15, 0.2) is 0 Å². The fourth-order valence-corrected chi connectivity index (χ4v) is 0.801. The Morgan fingerprint density at radius 2 is 2.50 bits per heavy atom. The summed E-state index contributed by atoms with van der Waals surface area (Å²) in [4.78, 5) is 0. The highest BCUT2D eigenvalue weighted by atomic mass is 14.6. The summed E-state index contributed by atoms with van der Waals surface area (Å²) in [6.45, 7) is 0. The van der Waals surface area contributed by atoms with E-state index in [1.807, 2.05) is 0 Å². The van der Waals surface area contributed by atoms with Crippen molar-refractivity contribution in [3.63, 3.8) is 0 Å². The van der Waals surface area contributed by atoms with Crippen LogP contribution in [0.15, 0.2) is 24.2 Å². The van der Waals surface area contributed by atoms with Gasteiger partial charge in [-0.1, -0.05) is 24.2 Å². The highest BCUT2D eigenvalue weighted by molar-refractivity contribution is 5.33. The van der Waals surface area contributed by atoms with Crippen LogP contribution in [-0.2, 0) is 6.37 Å². The molecule has 0 saturated heterocycles. The van der Waals surface area contributed by atoms with Gasteiger partial charge in [-0.3, -0.25) is 0 Å². The van der Waals surface area contributed by atoms with E-state index in [2.05, 4.69) is 0 Å². The Morgan fingerprint density at radius 1 is 1.70 bits per heavy atom. The number of hydrogen-bond donors (Lipinski definition) is 1. The maximum atomic E-state index is 7.85. The zero-order chi connectivity index (χ0) is 15.0. The fraction of sp³-hybridized carbons (Fsp3) is 0.333. The van der Waals surface area contributed by atoms with Crippen LogP contribution in [0.5, 0.6) is 0 Å². The predicted molar refractivity (Wildman–Crippen MR) is 41.7 cm³/mol. The first kappa shape index (κ1) is 1.67. The molecule has 0 amide bonds. The summed E-state index contributed by atoms with van der Waals surface area (Å²) in [5, 5.41) is 0. The van der Waals surface area contributed by atoms with Crippen molar-refractivity contribution in [3.8, 4) is 0 Å². The van der Waals surface area contributed by atoms with E-state index in [0.29, 0.717) is 0 Å². The normalized spacial score (nSPS) is 53.1. The second-order valence-corrected chi connectivity index (χ2v) is 1.91. The van der Waals surface area contributed by atoms with Crippen molar-refractivity contribution in [2.75, 3.05) is 0 Å². The molecule has 0 bridgehead atoms. The van der Waals surface area contributed by atoms with Crippen molar-refractivity contribution in [1.29, 1.82) is 0 Å². The molecular formula is C9H11N. The molecule has 2 rings (SSSR count). The molecular weight excluding hydrogens is 122 g/mol. The Labute approximate surface area is 73.5 Å². The van der Waals surface area contributed by atoms with Gasteiger partial charge in [-0.2, -0.15) is 0 Å². The van der Waals surface area contributed by atoms with E-state index < -0.39 is 54.1 Å². The zero-order valence-electron chi connectivity index (χ0n) is 14.1. The minimum absolute atomic E-state index is 0.520. The predicted octanol–water partition coefficient (Wildman–Crippen LogP) is 1.63. The summed E-state index contributed by atoms with van der Waals surface area (Å²) >= 11 is 0. The van der Waals surface area contributed by atoms with Crippen LogP contribution in [0.3, 0.4) is 0 Å². The third-order valence-electron chi connectivity index (χ3n) is 1.28. The zero-order valence-corrected chi connectivity index (χ0v) is 5.08. The van der Waals surface area contributed by atoms with Gasteiger partial charge >= 0.3 is 0 Å². The standard InChI is InChI=1S/C9H11N/c10-9-6-5-7-3-1-2-4-8(7)9/h1-4,9H,5-6,10H2/i1D,2D,3D,4D,5D2,6D2,9D. The molecule has 0 aromatic heterocycles. The summed E-state index contributed by atoms with van der Waals surface area (Å²) in [5.41, 5.74) is 4.45. The van der Waals surface area contributed by atoms with Crippen LogP contribution < -0.4 is 5.73 Å². The topological polar surface area (TPSA) is 26.0 Å². The van der Waals surface area contributed by atoms with Crippen LogP contribution in [0.2, 0.25) is 0 Å². The molecule has 0 aliphatic heterocycles. The summed E-state index contributed by atoms with van der Waals surface area (Å²) in [6, 6.07) is -5.26. The van der Waals surface area contributed by atoms with E-state index in [-0.39, 0.29) is 0 Å². The molecule has 52 valence electrons. The highest BCUT2D eigenvalue weighted by Crippen LogP contribution is 2.28.